The maximum Gasteiger partial charge on any atom is 0.232 e. The molecule has 0 unspecified atom stereocenters. The van der Waals surface area contributed by atoms with E-state index in [1.165, 1.54) is 6.33 Å². The molecule has 0 amide bonds. The number of aromatic amines is 2. The van der Waals surface area contributed by atoms with E-state index in [1.807, 2.05) is 0 Å². The average molecular weight is 508 g/mol. The summed E-state index contributed by atoms with van der Waals surface area (Å²) in [5.74, 6) is 1.82. The first-order valence-corrected chi connectivity index (χ1v) is 11.3. The van der Waals surface area contributed by atoms with Crippen molar-refractivity contribution in [2.45, 2.75) is 0 Å². The Bertz CT molecular complexity index is 1620. The van der Waals surface area contributed by atoms with Gasteiger partial charge in [-0.2, -0.15) is 0 Å². The molecule has 188 valence electrons. The molecule has 0 aliphatic carbocycles. The second-order valence-electron chi connectivity index (χ2n) is 8.23. The SMILES string of the molecule is Nc1cccnc1-c1cc(Oc2ncnc(Oc3cc(-c4ncccc4N)c(N)[nH]3)c3cncc2-3)[nH]c1N. The van der Waals surface area contributed by atoms with E-state index in [0.29, 0.717) is 68.4 Å². The zero-order chi connectivity index (χ0) is 26.2. The van der Waals surface area contributed by atoms with Crippen LogP contribution in [0.25, 0.3) is 33.6 Å². The molecule has 0 spiro atoms. The Morgan fingerprint density at radius 1 is 0.605 bits per heavy atom. The predicted octanol–water partition coefficient (Wildman–Crippen LogP) is 3.67. The average Bonchev–Trinajstić information content (AvgIpc) is 3.59. The van der Waals surface area contributed by atoms with Gasteiger partial charge in [0.25, 0.3) is 0 Å². The van der Waals surface area contributed by atoms with E-state index >= 15 is 0 Å². The van der Waals surface area contributed by atoms with Gasteiger partial charge in [0.1, 0.15) is 18.0 Å². The molecule has 13 heteroatoms. The van der Waals surface area contributed by atoms with Crippen LogP contribution in [0.1, 0.15) is 0 Å². The minimum Gasteiger partial charge on any atom is -0.422 e. The molecule has 0 atom stereocenters. The van der Waals surface area contributed by atoms with Gasteiger partial charge in [-0.25, -0.2) is 9.97 Å². The van der Waals surface area contributed by atoms with E-state index in [1.54, 1.807) is 61.2 Å². The van der Waals surface area contributed by atoms with Crippen molar-refractivity contribution in [1.82, 2.24) is 34.9 Å². The normalized spacial score (nSPS) is 11.1. The van der Waals surface area contributed by atoms with Crippen molar-refractivity contribution < 1.29 is 9.47 Å². The number of nitrogens with two attached hydrogens (primary N) is 4. The molecular weight excluding hydrogens is 486 g/mol. The molecule has 38 heavy (non-hydrogen) atoms. The number of hydrogen-bond donors (Lipinski definition) is 6. The van der Waals surface area contributed by atoms with Crippen LogP contribution in [0.5, 0.6) is 23.5 Å². The fourth-order valence-electron chi connectivity index (χ4n) is 3.99. The number of nitrogens with one attached hydrogen (secondary N) is 2. The summed E-state index contributed by atoms with van der Waals surface area (Å²) in [6.07, 6.45) is 7.78. The summed E-state index contributed by atoms with van der Waals surface area (Å²) < 4.78 is 12.1. The fraction of sp³-hybridized carbons (Fsp3) is 0. The lowest BCUT2D eigenvalue weighted by Crippen LogP contribution is -1.94. The Morgan fingerprint density at radius 3 is 1.53 bits per heavy atom. The number of ether oxygens (including phenoxy) is 2. The Labute approximate surface area is 215 Å². The number of anilines is 4. The summed E-state index contributed by atoms with van der Waals surface area (Å²) in [7, 11) is 0. The van der Waals surface area contributed by atoms with Crippen LogP contribution in [0.4, 0.5) is 23.0 Å². The molecular formula is C25H21N11O2. The van der Waals surface area contributed by atoms with Crippen LogP contribution in [0.15, 0.2) is 67.5 Å². The highest BCUT2D eigenvalue weighted by molar-refractivity contribution is 5.82. The van der Waals surface area contributed by atoms with Crippen LogP contribution in [0, 0.1) is 0 Å². The second kappa shape index (κ2) is 8.98. The Kier molecular flexibility index (Phi) is 5.34. The zero-order valence-electron chi connectivity index (χ0n) is 19.7. The molecule has 0 bridgehead atoms. The first kappa shape index (κ1) is 22.6. The van der Waals surface area contributed by atoms with Crippen molar-refractivity contribution in [2.24, 2.45) is 0 Å². The minimum absolute atomic E-state index is 0.231. The van der Waals surface area contributed by atoms with Gasteiger partial charge in [0.15, 0.2) is 0 Å². The summed E-state index contributed by atoms with van der Waals surface area (Å²) in [6.45, 7) is 0. The second-order valence-corrected chi connectivity index (χ2v) is 8.23. The van der Waals surface area contributed by atoms with Crippen LogP contribution in [0.3, 0.4) is 0 Å². The largest absolute Gasteiger partial charge is 0.422 e. The van der Waals surface area contributed by atoms with Crippen molar-refractivity contribution in [3.8, 4) is 57.2 Å². The molecule has 10 N–H and O–H groups in total. The Balaban J connectivity index is 1.29. The molecule has 4 aromatic heterocycles. The number of nitrogen functional groups attached to an aromatic ring is 4. The first-order valence-electron chi connectivity index (χ1n) is 11.3. The smallest absolute Gasteiger partial charge is 0.232 e. The van der Waals surface area contributed by atoms with Crippen molar-refractivity contribution in [3.05, 3.63) is 67.5 Å². The Hall–Kier alpha value is -5.85. The van der Waals surface area contributed by atoms with E-state index in [-0.39, 0.29) is 11.8 Å². The topological polar surface area (TPSA) is 219 Å². The maximum absolute atomic E-state index is 6.17. The molecule has 0 saturated carbocycles. The number of nitrogens with zero attached hydrogens (tertiary/aromatic N) is 5. The third-order valence-electron chi connectivity index (χ3n) is 5.76. The fourth-order valence-corrected chi connectivity index (χ4v) is 3.99. The van der Waals surface area contributed by atoms with Gasteiger partial charge in [-0.05, 0) is 24.3 Å². The van der Waals surface area contributed by atoms with Gasteiger partial charge in [-0.15, -0.1) is 0 Å². The van der Waals surface area contributed by atoms with E-state index in [4.69, 9.17) is 32.4 Å². The molecule has 0 aromatic carbocycles. The molecule has 2 aliphatic rings. The molecule has 6 heterocycles. The van der Waals surface area contributed by atoms with Crippen LogP contribution < -0.4 is 32.4 Å². The van der Waals surface area contributed by atoms with Gasteiger partial charge < -0.3 is 42.4 Å². The van der Waals surface area contributed by atoms with Crippen LogP contribution in [-0.4, -0.2) is 34.9 Å². The third-order valence-corrected chi connectivity index (χ3v) is 5.76. The maximum atomic E-state index is 6.17. The summed E-state index contributed by atoms with van der Waals surface area (Å²) >= 11 is 0. The highest BCUT2D eigenvalue weighted by atomic mass is 16.5. The quantitative estimate of drug-likeness (QED) is 0.191. The number of fused-ring (bicyclic) bond motifs is 1. The number of aromatic nitrogens is 7. The van der Waals surface area contributed by atoms with E-state index < -0.39 is 0 Å². The van der Waals surface area contributed by atoms with Crippen LogP contribution >= 0.6 is 0 Å². The van der Waals surface area contributed by atoms with E-state index in [0.717, 1.165) is 0 Å². The lowest BCUT2D eigenvalue weighted by Gasteiger charge is -2.05. The third kappa shape index (κ3) is 3.99. The van der Waals surface area contributed by atoms with Crippen molar-refractivity contribution >= 4 is 23.0 Å². The Morgan fingerprint density at radius 2 is 1.08 bits per heavy atom. The zero-order valence-corrected chi connectivity index (χ0v) is 19.7. The molecule has 0 saturated heterocycles. The minimum atomic E-state index is 0.231. The predicted molar refractivity (Wildman–Crippen MR) is 142 cm³/mol. The summed E-state index contributed by atoms with van der Waals surface area (Å²) in [6, 6.07) is 10.4. The lowest BCUT2D eigenvalue weighted by molar-refractivity contribution is 0.450. The molecule has 0 radical (unpaired) electrons. The standard InChI is InChI=1S/C25H21N11O2/c26-16-3-1-5-31-20(16)12-7-18(35-22(12)28)37-24-14-9-30-10-15(14)25(34-11-33-24)38-19-8-13(23(29)36-19)21-17(27)4-2-6-32-21/h1-11,35-36H,26-29H2. The molecule has 4 aromatic rings. The molecule has 13 nitrogen and oxygen atoms in total. The highest BCUT2D eigenvalue weighted by Gasteiger charge is 2.21. The van der Waals surface area contributed by atoms with Gasteiger partial charge in [0.2, 0.25) is 23.5 Å². The van der Waals surface area contributed by atoms with Crippen LogP contribution in [0.2, 0.25) is 0 Å². The number of pyridine rings is 2. The van der Waals surface area contributed by atoms with Crippen molar-refractivity contribution in [2.75, 3.05) is 22.9 Å². The highest BCUT2D eigenvalue weighted by Crippen LogP contribution is 2.40. The van der Waals surface area contributed by atoms with E-state index in [9.17, 15) is 0 Å². The van der Waals surface area contributed by atoms with Gasteiger partial charge in [-0.1, -0.05) is 0 Å². The van der Waals surface area contributed by atoms with E-state index in [2.05, 4.69) is 34.9 Å². The summed E-state index contributed by atoms with van der Waals surface area (Å²) in [4.78, 5) is 27.5. The number of H-pyrrole nitrogens is 2. The monoisotopic (exact) mass is 507 g/mol. The molecule has 6 rings (SSSR count). The number of rotatable bonds is 6. The molecule has 2 aliphatic heterocycles. The summed E-state index contributed by atoms with van der Waals surface area (Å²) in [5.41, 5.74) is 28.8. The lowest BCUT2D eigenvalue weighted by atomic mass is 10.2. The van der Waals surface area contributed by atoms with Gasteiger partial charge >= 0.3 is 0 Å². The van der Waals surface area contributed by atoms with Crippen molar-refractivity contribution in [1.29, 1.82) is 0 Å². The van der Waals surface area contributed by atoms with Crippen LogP contribution in [-0.2, 0) is 0 Å². The van der Waals surface area contributed by atoms with Gasteiger partial charge in [-0.3, -0.25) is 15.0 Å². The van der Waals surface area contributed by atoms with Crippen molar-refractivity contribution in [3.63, 3.8) is 0 Å². The first-order chi connectivity index (χ1) is 18.5. The molecule has 0 fully saturated rings. The number of hydrogen-bond acceptors (Lipinski definition) is 11. The van der Waals surface area contributed by atoms with Gasteiger partial charge in [0.05, 0.1) is 33.9 Å². The summed E-state index contributed by atoms with van der Waals surface area (Å²) in [5, 5.41) is 0. The van der Waals surface area contributed by atoms with Gasteiger partial charge in [0, 0.05) is 48.0 Å².